The molecule has 154 valence electrons. The Morgan fingerprint density at radius 2 is 2.00 bits per heavy atom. The van der Waals surface area contributed by atoms with Crippen LogP contribution in [-0.2, 0) is 17.8 Å². The Bertz CT molecular complexity index is 764. The third-order valence-corrected chi connectivity index (χ3v) is 5.62. The van der Waals surface area contributed by atoms with Crippen LogP contribution in [0.5, 0.6) is 0 Å². The molecule has 1 aromatic carbocycles. The van der Waals surface area contributed by atoms with Gasteiger partial charge in [-0.15, -0.1) is 12.4 Å². The summed E-state index contributed by atoms with van der Waals surface area (Å²) in [7, 11) is 0. The Morgan fingerprint density at radius 1 is 1.25 bits per heavy atom. The van der Waals surface area contributed by atoms with Gasteiger partial charge in [0.15, 0.2) is 0 Å². The fourth-order valence-corrected chi connectivity index (χ4v) is 3.82. The van der Waals surface area contributed by atoms with Crippen LogP contribution in [0.2, 0.25) is 0 Å². The second-order valence-corrected chi connectivity index (χ2v) is 7.79. The summed E-state index contributed by atoms with van der Waals surface area (Å²) in [6, 6.07) is 8.57. The van der Waals surface area contributed by atoms with Gasteiger partial charge < -0.3 is 10.6 Å². The molecule has 1 amide bonds. The van der Waals surface area contributed by atoms with Crippen LogP contribution < -0.4 is 10.6 Å². The van der Waals surface area contributed by atoms with Gasteiger partial charge in [0, 0.05) is 18.7 Å². The number of rotatable bonds is 8. The van der Waals surface area contributed by atoms with E-state index in [4.69, 9.17) is 5.10 Å². The molecule has 1 unspecified atom stereocenters. The minimum Gasteiger partial charge on any atom is -0.356 e. The normalized spacial score (nSPS) is 16.0. The molecule has 5 nitrogen and oxygen atoms in total. The maximum Gasteiger partial charge on any atom is 0.220 e. The predicted octanol–water partition coefficient (Wildman–Crippen LogP) is 3.33. The molecule has 1 saturated heterocycles. The summed E-state index contributed by atoms with van der Waals surface area (Å²) in [5.41, 5.74) is 5.92. The Hall–Kier alpha value is -1.85. The van der Waals surface area contributed by atoms with E-state index in [0.29, 0.717) is 6.42 Å². The lowest BCUT2D eigenvalue weighted by molar-refractivity contribution is -0.121. The van der Waals surface area contributed by atoms with Gasteiger partial charge in [0.25, 0.3) is 0 Å². The average molecular weight is 405 g/mol. The highest BCUT2D eigenvalue weighted by atomic mass is 35.5. The fourth-order valence-electron chi connectivity index (χ4n) is 3.82. The number of hydrogen-bond acceptors (Lipinski definition) is 3. The minimum absolute atomic E-state index is 0. The predicted molar refractivity (Wildman–Crippen MR) is 116 cm³/mol. The van der Waals surface area contributed by atoms with Gasteiger partial charge in [-0.3, -0.25) is 9.48 Å². The second kappa shape index (κ2) is 10.6. The molecular weight excluding hydrogens is 372 g/mol. The number of carbonyl (C=O) groups is 1. The lowest BCUT2D eigenvalue weighted by Gasteiger charge is -2.09. The van der Waals surface area contributed by atoms with E-state index in [2.05, 4.69) is 53.4 Å². The van der Waals surface area contributed by atoms with Gasteiger partial charge >= 0.3 is 0 Å². The average Bonchev–Trinajstić information content (AvgIpc) is 3.24. The summed E-state index contributed by atoms with van der Waals surface area (Å²) in [6.07, 6.45) is 3.59. The van der Waals surface area contributed by atoms with Crippen molar-refractivity contribution in [1.29, 1.82) is 0 Å². The molecule has 1 aliphatic rings. The quantitative estimate of drug-likeness (QED) is 0.709. The molecule has 1 aliphatic heterocycles. The molecule has 28 heavy (non-hydrogen) atoms. The summed E-state index contributed by atoms with van der Waals surface area (Å²) in [4.78, 5) is 12.2. The first-order valence-corrected chi connectivity index (χ1v) is 10.1. The monoisotopic (exact) mass is 404 g/mol. The van der Waals surface area contributed by atoms with E-state index < -0.39 is 0 Å². The van der Waals surface area contributed by atoms with E-state index in [1.807, 2.05) is 6.92 Å². The van der Waals surface area contributed by atoms with E-state index in [0.717, 1.165) is 56.3 Å². The van der Waals surface area contributed by atoms with Crippen molar-refractivity contribution in [2.75, 3.05) is 19.6 Å². The van der Waals surface area contributed by atoms with Gasteiger partial charge in [-0.1, -0.05) is 29.8 Å². The van der Waals surface area contributed by atoms with E-state index >= 15 is 0 Å². The number of benzene rings is 1. The molecule has 0 aliphatic carbocycles. The zero-order valence-corrected chi connectivity index (χ0v) is 18.1. The van der Waals surface area contributed by atoms with Crippen LogP contribution in [0.25, 0.3) is 0 Å². The Kier molecular flexibility index (Phi) is 8.52. The summed E-state index contributed by atoms with van der Waals surface area (Å²) in [5, 5.41) is 11.1. The molecule has 1 fully saturated rings. The number of halogens is 1. The van der Waals surface area contributed by atoms with E-state index in [9.17, 15) is 4.79 Å². The van der Waals surface area contributed by atoms with Crippen LogP contribution >= 0.6 is 12.4 Å². The van der Waals surface area contributed by atoms with Gasteiger partial charge in [-0.05, 0) is 70.2 Å². The second-order valence-electron chi connectivity index (χ2n) is 7.79. The van der Waals surface area contributed by atoms with Gasteiger partial charge in [-0.2, -0.15) is 5.10 Å². The van der Waals surface area contributed by atoms with Crippen LogP contribution in [0.3, 0.4) is 0 Å². The number of carbonyl (C=O) groups excluding carboxylic acids is 1. The van der Waals surface area contributed by atoms with Gasteiger partial charge in [0.05, 0.1) is 12.2 Å². The third-order valence-electron chi connectivity index (χ3n) is 5.62. The van der Waals surface area contributed by atoms with Crippen LogP contribution in [-0.4, -0.2) is 35.3 Å². The molecule has 0 bridgehead atoms. The fraction of sp³-hybridized carbons (Fsp3) is 0.545. The number of nitrogens with zero attached hydrogens (tertiary/aromatic N) is 2. The molecule has 0 spiro atoms. The highest BCUT2D eigenvalue weighted by molar-refractivity contribution is 5.85. The largest absolute Gasteiger partial charge is 0.356 e. The molecule has 0 saturated carbocycles. The summed E-state index contributed by atoms with van der Waals surface area (Å²) < 4.78 is 2.06. The maximum atomic E-state index is 12.2. The van der Waals surface area contributed by atoms with Gasteiger partial charge in [-0.25, -0.2) is 0 Å². The van der Waals surface area contributed by atoms with E-state index in [-0.39, 0.29) is 18.3 Å². The molecule has 3 rings (SSSR count). The smallest absolute Gasteiger partial charge is 0.220 e. The van der Waals surface area contributed by atoms with E-state index in [1.165, 1.54) is 23.1 Å². The van der Waals surface area contributed by atoms with Crippen molar-refractivity contribution in [3.05, 3.63) is 52.3 Å². The Balaban J connectivity index is 0.00000280. The van der Waals surface area contributed by atoms with Crippen molar-refractivity contribution in [2.24, 2.45) is 5.92 Å². The van der Waals surface area contributed by atoms with Crippen molar-refractivity contribution in [3.8, 4) is 0 Å². The van der Waals surface area contributed by atoms with Crippen molar-refractivity contribution < 1.29 is 4.79 Å². The van der Waals surface area contributed by atoms with Crippen LogP contribution in [0.4, 0.5) is 0 Å². The summed E-state index contributed by atoms with van der Waals surface area (Å²) in [6.45, 7) is 10.0. The molecule has 1 aromatic heterocycles. The number of aromatic nitrogens is 2. The van der Waals surface area contributed by atoms with Crippen LogP contribution in [0.15, 0.2) is 24.3 Å². The van der Waals surface area contributed by atoms with E-state index in [1.54, 1.807) is 0 Å². The Morgan fingerprint density at radius 3 is 2.68 bits per heavy atom. The topological polar surface area (TPSA) is 59.0 Å². The number of hydrogen-bond donors (Lipinski definition) is 2. The molecule has 1 atom stereocenters. The Labute approximate surface area is 174 Å². The highest BCUT2D eigenvalue weighted by Gasteiger charge is 2.15. The third kappa shape index (κ3) is 6.08. The lowest BCUT2D eigenvalue weighted by atomic mass is 10.0. The first-order chi connectivity index (χ1) is 13.0. The van der Waals surface area contributed by atoms with Crippen molar-refractivity contribution in [3.63, 3.8) is 0 Å². The van der Waals surface area contributed by atoms with Crippen LogP contribution in [0, 0.1) is 26.7 Å². The minimum atomic E-state index is 0. The summed E-state index contributed by atoms with van der Waals surface area (Å²) in [5.74, 6) is 0.862. The van der Waals surface area contributed by atoms with Gasteiger partial charge in [0.1, 0.15) is 0 Å². The zero-order chi connectivity index (χ0) is 19.2. The zero-order valence-electron chi connectivity index (χ0n) is 17.3. The van der Waals surface area contributed by atoms with Gasteiger partial charge in [0.2, 0.25) is 5.91 Å². The standard InChI is InChI=1S/C22H32N4O.ClH/c1-16-4-6-20(7-5-16)15-26-18(3)21(17(2)25-26)8-9-22(27)24-13-11-19-10-12-23-14-19;/h4-7,19,23H,8-15H2,1-3H3,(H,24,27);1H. The number of aryl methyl sites for hydroxylation is 2. The van der Waals surface area contributed by atoms with Crippen LogP contribution in [0.1, 0.15) is 47.3 Å². The molecule has 2 aromatic rings. The first-order valence-electron chi connectivity index (χ1n) is 10.1. The first kappa shape index (κ1) is 22.4. The lowest BCUT2D eigenvalue weighted by Crippen LogP contribution is -2.26. The molecular formula is C22H33ClN4O. The molecule has 6 heteroatoms. The van der Waals surface area contributed by atoms with Crippen molar-refractivity contribution in [2.45, 2.75) is 53.0 Å². The maximum absolute atomic E-state index is 12.2. The molecule has 2 heterocycles. The van der Waals surface area contributed by atoms with Crippen molar-refractivity contribution in [1.82, 2.24) is 20.4 Å². The summed E-state index contributed by atoms with van der Waals surface area (Å²) >= 11 is 0. The highest BCUT2D eigenvalue weighted by Crippen LogP contribution is 2.17. The number of amides is 1. The SMILES string of the molecule is Cc1ccc(Cn2nc(C)c(CCC(=O)NCCC3CCNC3)c2C)cc1.Cl. The molecule has 0 radical (unpaired) electrons. The number of nitrogens with one attached hydrogen (secondary N) is 2. The van der Waals surface area contributed by atoms with Crippen molar-refractivity contribution >= 4 is 18.3 Å². The molecule has 2 N–H and O–H groups in total.